The molecular weight excluding hydrogens is 410 g/mol. The molecule has 0 saturated carbocycles. The molecule has 0 heterocycles. The Bertz CT molecular complexity index is 1190. The van der Waals surface area contributed by atoms with Gasteiger partial charge in [-0.25, -0.2) is 0 Å². The van der Waals surface area contributed by atoms with Crippen molar-refractivity contribution in [3.63, 3.8) is 0 Å². The number of halogens is 1. The van der Waals surface area contributed by atoms with Gasteiger partial charge in [0.15, 0.2) is 0 Å². The molecule has 0 fully saturated rings. The van der Waals surface area contributed by atoms with Gasteiger partial charge in [0.1, 0.15) is 24.7 Å². The van der Waals surface area contributed by atoms with Gasteiger partial charge in [-0.2, -0.15) is 0 Å². The maximum Gasteiger partial charge on any atom is 0.251 e. The van der Waals surface area contributed by atoms with E-state index in [-0.39, 0.29) is 5.91 Å². The van der Waals surface area contributed by atoms with Gasteiger partial charge in [-0.1, -0.05) is 66.2 Å². The lowest BCUT2D eigenvalue weighted by Gasteiger charge is -2.10. The number of ether oxygens (including phenoxy) is 2. The molecule has 1 N–H and O–H groups in total. The van der Waals surface area contributed by atoms with Crippen LogP contribution in [-0.4, -0.2) is 19.1 Å². The average molecular weight is 432 g/mol. The summed E-state index contributed by atoms with van der Waals surface area (Å²) in [5.74, 6) is 1.22. The van der Waals surface area contributed by atoms with Crippen LogP contribution in [0, 0.1) is 0 Å². The fourth-order valence-corrected chi connectivity index (χ4v) is 3.39. The fraction of sp³-hybridized carbons (Fsp3) is 0.115. The molecule has 31 heavy (non-hydrogen) atoms. The highest BCUT2D eigenvalue weighted by Crippen LogP contribution is 2.21. The lowest BCUT2D eigenvalue weighted by atomic mass is 10.1. The molecule has 0 saturated heterocycles. The van der Waals surface area contributed by atoms with Crippen LogP contribution in [0.25, 0.3) is 10.8 Å². The third-order valence-corrected chi connectivity index (χ3v) is 5.19. The Balaban J connectivity index is 1.27. The number of hydrogen-bond donors (Lipinski definition) is 1. The van der Waals surface area contributed by atoms with Crippen molar-refractivity contribution in [2.24, 2.45) is 0 Å². The minimum Gasteiger partial charge on any atom is -0.492 e. The maximum absolute atomic E-state index is 12.5. The Kier molecular flexibility index (Phi) is 6.70. The molecule has 0 aliphatic heterocycles. The van der Waals surface area contributed by atoms with Crippen molar-refractivity contribution >= 4 is 28.3 Å². The van der Waals surface area contributed by atoms with E-state index in [0.717, 1.165) is 16.7 Å². The van der Waals surface area contributed by atoms with Crippen LogP contribution in [0.4, 0.5) is 0 Å². The summed E-state index contributed by atoms with van der Waals surface area (Å²) in [5, 5.41) is 5.82. The standard InChI is InChI=1S/C26H22ClNO3/c27-25-11-4-3-8-22(25)18-31-23-10-5-9-21(17-23)26(29)28-14-15-30-24-13-12-19-6-1-2-7-20(19)16-24/h1-13,16-17H,14-15,18H2,(H,28,29). The monoisotopic (exact) mass is 431 g/mol. The Morgan fingerprint density at radius 3 is 2.42 bits per heavy atom. The number of fused-ring (bicyclic) bond motifs is 1. The zero-order valence-electron chi connectivity index (χ0n) is 16.9. The van der Waals surface area contributed by atoms with Crippen LogP contribution in [-0.2, 0) is 6.61 Å². The first-order chi connectivity index (χ1) is 15.2. The van der Waals surface area contributed by atoms with Gasteiger partial charge >= 0.3 is 0 Å². The number of amides is 1. The zero-order valence-corrected chi connectivity index (χ0v) is 17.6. The van der Waals surface area contributed by atoms with Crippen LogP contribution in [0.3, 0.4) is 0 Å². The molecule has 0 radical (unpaired) electrons. The lowest BCUT2D eigenvalue weighted by Crippen LogP contribution is -2.28. The summed E-state index contributed by atoms with van der Waals surface area (Å²) in [5.41, 5.74) is 1.42. The van der Waals surface area contributed by atoms with Gasteiger partial charge in [-0.05, 0) is 47.2 Å². The third-order valence-electron chi connectivity index (χ3n) is 4.83. The van der Waals surface area contributed by atoms with Crippen LogP contribution in [0.2, 0.25) is 5.02 Å². The van der Waals surface area contributed by atoms with Crippen LogP contribution in [0.5, 0.6) is 11.5 Å². The molecule has 1 amide bonds. The van der Waals surface area contributed by atoms with E-state index in [0.29, 0.717) is 36.1 Å². The number of hydrogen-bond acceptors (Lipinski definition) is 3. The van der Waals surface area contributed by atoms with Crippen LogP contribution < -0.4 is 14.8 Å². The lowest BCUT2D eigenvalue weighted by molar-refractivity contribution is 0.0946. The minimum absolute atomic E-state index is 0.176. The molecule has 0 aromatic heterocycles. The van der Waals surface area contributed by atoms with Crippen molar-refractivity contribution in [2.45, 2.75) is 6.61 Å². The van der Waals surface area contributed by atoms with Crippen molar-refractivity contribution in [3.05, 3.63) is 107 Å². The number of nitrogens with one attached hydrogen (secondary N) is 1. The molecule has 0 aliphatic carbocycles. The molecule has 156 valence electrons. The molecule has 4 aromatic rings. The SMILES string of the molecule is O=C(NCCOc1ccc2ccccc2c1)c1cccc(OCc2ccccc2Cl)c1. The van der Waals surface area contributed by atoms with Crippen molar-refractivity contribution in [2.75, 3.05) is 13.2 Å². The summed E-state index contributed by atoms with van der Waals surface area (Å²) < 4.78 is 11.6. The highest BCUT2D eigenvalue weighted by Gasteiger charge is 2.07. The van der Waals surface area contributed by atoms with Crippen LogP contribution >= 0.6 is 11.6 Å². The molecule has 0 spiro atoms. The summed E-state index contributed by atoms with van der Waals surface area (Å²) in [6, 6.07) is 28.7. The predicted octanol–water partition coefficient (Wildman–Crippen LogP) is 5.88. The zero-order chi connectivity index (χ0) is 21.5. The van der Waals surface area contributed by atoms with E-state index >= 15 is 0 Å². The predicted molar refractivity (Wildman–Crippen MR) is 124 cm³/mol. The first-order valence-electron chi connectivity index (χ1n) is 10.0. The second-order valence-electron chi connectivity index (χ2n) is 7.02. The van der Waals surface area contributed by atoms with Crippen molar-refractivity contribution in [3.8, 4) is 11.5 Å². The number of carbonyl (C=O) groups is 1. The number of carbonyl (C=O) groups excluding carboxylic acids is 1. The van der Waals surface area contributed by atoms with E-state index in [1.54, 1.807) is 18.2 Å². The molecule has 0 atom stereocenters. The Labute approximate surface area is 186 Å². The van der Waals surface area contributed by atoms with E-state index < -0.39 is 0 Å². The summed E-state index contributed by atoms with van der Waals surface area (Å²) in [4.78, 5) is 12.5. The molecular formula is C26H22ClNO3. The van der Waals surface area contributed by atoms with Crippen molar-refractivity contribution in [1.82, 2.24) is 5.32 Å². The summed E-state index contributed by atoms with van der Waals surface area (Å²) in [7, 11) is 0. The molecule has 0 aliphatic rings. The summed E-state index contributed by atoms with van der Waals surface area (Å²) in [6.45, 7) is 1.12. The van der Waals surface area contributed by atoms with Gasteiger partial charge in [-0.15, -0.1) is 0 Å². The quantitative estimate of drug-likeness (QED) is 0.354. The van der Waals surface area contributed by atoms with E-state index in [9.17, 15) is 4.79 Å². The first kappa shape index (κ1) is 20.8. The Morgan fingerprint density at radius 2 is 1.55 bits per heavy atom. The molecule has 4 nitrogen and oxygen atoms in total. The minimum atomic E-state index is -0.176. The van der Waals surface area contributed by atoms with Gasteiger partial charge < -0.3 is 14.8 Å². The van der Waals surface area contributed by atoms with Crippen LogP contribution in [0.15, 0.2) is 91.0 Å². The van der Waals surface area contributed by atoms with Crippen LogP contribution in [0.1, 0.15) is 15.9 Å². The van der Waals surface area contributed by atoms with E-state index in [4.69, 9.17) is 21.1 Å². The van der Waals surface area contributed by atoms with Gasteiger partial charge in [0.05, 0.1) is 6.54 Å². The fourth-order valence-electron chi connectivity index (χ4n) is 3.20. The Morgan fingerprint density at radius 1 is 0.774 bits per heavy atom. The molecule has 5 heteroatoms. The first-order valence-corrected chi connectivity index (χ1v) is 10.4. The van der Waals surface area contributed by atoms with Gasteiger partial charge in [0.2, 0.25) is 0 Å². The largest absolute Gasteiger partial charge is 0.492 e. The van der Waals surface area contributed by atoms with Crippen molar-refractivity contribution < 1.29 is 14.3 Å². The summed E-state index contributed by atoms with van der Waals surface area (Å²) >= 11 is 6.16. The topological polar surface area (TPSA) is 47.6 Å². The van der Waals surface area contributed by atoms with E-state index in [2.05, 4.69) is 11.4 Å². The van der Waals surface area contributed by atoms with E-state index in [1.807, 2.05) is 66.7 Å². The number of benzene rings is 4. The smallest absolute Gasteiger partial charge is 0.251 e. The second-order valence-corrected chi connectivity index (χ2v) is 7.43. The Hall–Kier alpha value is -3.50. The second kappa shape index (κ2) is 10.0. The molecule has 0 bridgehead atoms. The molecule has 4 rings (SSSR count). The maximum atomic E-state index is 12.5. The van der Waals surface area contributed by atoms with Gasteiger partial charge in [0, 0.05) is 16.1 Å². The van der Waals surface area contributed by atoms with Gasteiger partial charge in [-0.3, -0.25) is 4.79 Å². The average Bonchev–Trinajstić information content (AvgIpc) is 2.81. The normalized spacial score (nSPS) is 10.6. The number of rotatable bonds is 8. The van der Waals surface area contributed by atoms with Crippen molar-refractivity contribution in [1.29, 1.82) is 0 Å². The third kappa shape index (κ3) is 5.56. The summed E-state index contributed by atoms with van der Waals surface area (Å²) in [6.07, 6.45) is 0. The molecule has 0 unspecified atom stereocenters. The molecule has 4 aromatic carbocycles. The van der Waals surface area contributed by atoms with Gasteiger partial charge in [0.25, 0.3) is 5.91 Å². The highest BCUT2D eigenvalue weighted by molar-refractivity contribution is 6.31. The van der Waals surface area contributed by atoms with E-state index in [1.165, 1.54) is 5.39 Å². The highest BCUT2D eigenvalue weighted by atomic mass is 35.5.